The minimum Gasteiger partial charge on any atom is -0.350 e. The van der Waals surface area contributed by atoms with Gasteiger partial charge in [-0.15, -0.1) is 0 Å². The summed E-state index contributed by atoms with van der Waals surface area (Å²) in [5.41, 5.74) is 0.280. The molecule has 0 aliphatic heterocycles. The number of hydrogen-bond donors (Lipinski definition) is 2. The lowest BCUT2D eigenvalue weighted by atomic mass is 10.0. The molecule has 0 heterocycles. The maximum atomic E-state index is 12.4. The van der Waals surface area contributed by atoms with Crippen LogP contribution in [0.2, 0.25) is 10.0 Å². The molecule has 2 amide bonds. The zero-order valence-electron chi connectivity index (χ0n) is 13.0. The molecule has 7 heteroatoms. The summed E-state index contributed by atoms with van der Waals surface area (Å²) < 4.78 is 0.654. The van der Waals surface area contributed by atoms with Crippen LogP contribution in [0.1, 0.15) is 30.6 Å². The van der Waals surface area contributed by atoms with Gasteiger partial charge in [0.1, 0.15) is 6.04 Å². The molecule has 2 N–H and O–H groups in total. The van der Waals surface area contributed by atoms with Crippen molar-refractivity contribution in [1.29, 1.82) is 0 Å². The highest BCUT2D eigenvalue weighted by molar-refractivity contribution is 9.11. The predicted molar refractivity (Wildman–Crippen MR) is 98.2 cm³/mol. The van der Waals surface area contributed by atoms with Crippen LogP contribution in [0, 0.1) is 5.92 Å². The van der Waals surface area contributed by atoms with Crippen LogP contribution in [0.5, 0.6) is 0 Å². The molecule has 1 aromatic rings. The van der Waals surface area contributed by atoms with Crippen molar-refractivity contribution in [2.75, 3.05) is 6.54 Å². The van der Waals surface area contributed by atoms with Crippen LogP contribution in [0.25, 0.3) is 0 Å². The summed E-state index contributed by atoms with van der Waals surface area (Å²) in [4.78, 5) is 24.6. The number of halogens is 3. The van der Waals surface area contributed by atoms with Crippen molar-refractivity contribution in [1.82, 2.24) is 10.6 Å². The fraction of sp³-hybridized carbons (Fsp3) is 0.375. The molecular weight excluding hydrogens is 403 g/mol. The first-order valence-corrected chi connectivity index (χ1v) is 8.62. The van der Waals surface area contributed by atoms with Crippen LogP contribution in [0.15, 0.2) is 29.3 Å². The number of carbonyl (C=O) groups excluding carboxylic acids is 2. The number of carbonyl (C=O) groups is 2. The molecule has 0 spiro atoms. The van der Waals surface area contributed by atoms with Crippen molar-refractivity contribution in [3.8, 4) is 0 Å². The van der Waals surface area contributed by atoms with Crippen LogP contribution in [-0.4, -0.2) is 24.4 Å². The summed E-state index contributed by atoms with van der Waals surface area (Å²) in [7, 11) is 0. The SMILES string of the molecule is C=C(Br)CNC(=O)C(CC(C)C)NC(=O)c1ccc(Cl)cc1Cl. The molecule has 126 valence electrons. The van der Waals surface area contributed by atoms with E-state index in [4.69, 9.17) is 23.2 Å². The maximum Gasteiger partial charge on any atom is 0.253 e. The molecule has 23 heavy (non-hydrogen) atoms. The summed E-state index contributed by atoms with van der Waals surface area (Å²) >= 11 is 15.0. The van der Waals surface area contributed by atoms with E-state index in [1.165, 1.54) is 12.1 Å². The Bertz CT molecular complexity index is 606. The first kappa shape index (κ1) is 20.0. The summed E-state index contributed by atoms with van der Waals surface area (Å²) in [6, 6.07) is 3.95. The van der Waals surface area contributed by atoms with Gasteiger partial charge in [0.15, 0.2) is 0 Å². The van der Waals surface area contributed by atoms with Gasteiger partial charge >= 0.3 is 0 Å². The van der Waals surface area contributed by atoms with E-state index in [1.54, 1.807) is 6.07 Å². The zero-order valence-corrected chi connectivity index (χ0v) is 16.1. The first-order valence-electron chi connectivity index (χ1n) is 7.07. The van der Waals surface area contributed by atoms with E-state index < -0.39 is 11.9 Å². The lowest BCUT2D eigenvalue weighted by Crippen LogP contribution is -2.47. The smallest absolute Gasteiger partial charge is 0.253 e. The van der Waals surface area contributed by atoms with Crippen molar-refractivity contribution in [3.63, 3.8) is 0 Å². The molecule has 4 nitrogen and oxygen atoms in total. The van der Waals surface area contributed by atoms with Crippen molar-refractivity contribution in [3.05, 3.63) is 44.9 Å². The van der Waals surface area contributed by atoms with Crippen LogP contribution in [0.3, 0.4) is 0 Å². The Kier molecular flexibility index (Phi) is 8.09. The van der Waals surface area contributed by atoms with E-state index in [1.807, 2.05) is 13.8 Å². The Morgan fingerprint density at radius 3 is 2.48 bits per heavy atom. The van der Waals surface area contributed by atoms with Gasteiger partial charge in [0, 0.05) is 16.0 Å². The number of nitrogens with one attached hydrogen (secondary N) is 2. The van der Waals surface area contributed by atoms with Crippen LogP contribution < -0.4 is 10.6 Å². The molecule has 0 aliphatic rings. The summed E-state index contributed by atoms with van der Waals surface area (Å²) in [6.45, 7) is 7.91. The summed E-state index contributed by atoms with van der Waals surface area (Å²) in [6.07, 6.45) is 0.511. The number of benzene rings is 1. The maximum absolute atomic E-state index is 12.4. The Labute approximate surface area is 154 Å². The quantitative estimate of drug-likeness (QED) is 0.694. The molecule has 0 radical (unpaired) electrons. The van der Waals surface area contributed by atoms with Gasteiger partial charge in [-0.1, -0.05) is 59.6 Å². The minimum absolute atomic E-state index is 0.235. The van der Waals surface area contributed by atoms with Gasteiger partial charge in [0.2, 0.25) is 5.91 Å². The fourth-order valence-corrected chi connectivity index (χ4v) is 2.55. The highest BCUT2D eigenvalue weighted by atomic mass is 79.9. The number of amides is 2. The molecular formula is C16H19BrCl2N2O2. The molecule has 0 bridgehead atoms. The molecule has 0 fully saturated rings. The standard InChI is InChI=1S/C16H19BrCl2N2O2/c1-9(2)6-14(16(23)20-8-10(3)17)21-15(22)12-5-4-11(18)7-13(12)19/h4-5,7,9,14H,3,6,8H2,1-2H3,(H,20,23)(H,21,22). The average molecular weight is 422 g/mol. The van der Waals surface area contributed by atoms with Gasteiger partial charge in [0.05, 0.1) is 10.6 Å². The molecule has 0 aliphatic carbocycles. The molecule has 1 rings (SSSR count). The van der Waals surface area contributed by atoms with Crippen molar-refractivity contribution in [2.45, 2.75) is 26.3 Å². The summed E-state index contributed by atoms with van der Waals surface area (Å²) in [5.74, 6) is -0.443. The van der Waals surface area contributed by atoms with E-state index >= 15 is 0 Å². The van der Waals surface area contributed by atoms with E-state index in [9.17, 15) is 9.59 Å². The van der Waals surface area contributed by atoms with Gasteiger partial charge in [-0.2, -0.15) is 0 Å². The van der Waals surface area contributed by atoms with Crippen LogP contribution >= 0.6 is 39.1 Å². The zero-order chi connectivity index (χ0) is 17.6. The van der Waals surface area contributed by atoms with Crippen LogP contribution in [0.4, 0.5) is 0 Å². The largest absolute Gasteiger partial charge is 0.350 e. The van der Waals surface area contributed by atoms with Gasteiger partial charge < -0.3 is 10.6 Å². The van der Waals surface area contributed by atoms with Crippen LogP contribution in [-0.2, 0) is 4.79 Å². The molecule has 0 saturated heterocycles. The third-order valence-electron chi connectivity index (χ3n) is 2.96. The Balaban J connectivity index is 2.85. The Hall–Kier alpha value is -1.04. The van der Waals surface area contributed by atoms with Gasteiger partial charge in [-0.05, 0) is 30.5 Å². The molecule has 1 atom stereocenters. The number of hydrogen-bond acceptors (Lipinski definition) is 2. The van der Waals surface area contributed by atoms with Crippen molar-refractivity contribution >= 4 is 50.9 Å². The summed E-state index contributed by atoms with van der Waals surface area (Å²) in [5, 5.41) is 6.13. The average Bonchev–Trinajstić information content (AvgIpc) is 2.43. The van der Waals surface area contributed by atoms with Crippen molar-refractivity contribution < 1.29 is 9.59 Å². The second kappa shape index (κ2) is 9.30. The molecule has 0 saturated carbocycles. The second-order valence-corrected chi connectivity index (χ2v) is 7.48. The normalized spacial score (nSPS) is 11.9. The van der Waals surface area contributed by atoms with Gasteiger partial charge in [-0.25, -0.2) is 0 Å². The number of rotatable bonds is 7. The fourth-order valence-electron chi connectivity index (χ4n) is 1.92. The van der Waals surface area contributed by atoms with E-state index in [0.29, 0.717) is 22.5 Å². The first-order chi connectivity index (χ1) is 10.7. The highest BCUT2D eigenvalue weighted by Gasteiger charge is 2.23. The minimum atomic E-state index is -0.652. The predicted octanol–water partition coefficient (Wildman–Crippen LogP) is 4.16. The third kappa shape index (κ3) is 6.94. The third-order valence-corrected chi connectivity index (χ3v) is 3.79. The monoisotopic (exact) mass is 420 g/mol. The van der Waals surface area contributed by atoms with Gasteiger partial charge in [0.25, 0.3) is 5.91 Å². The molecule has 1 unspecified atom stereocenters. The lowest BCUT2D eigenvalue weighted by molar-refractivity contribution is -0.123. The Morgan fingerprint density at radius 1 is 1.30 bits per heavy atom. The van der Waals surface area contributed by atoms with E-state index in [2.05, 4.69) is 33.1 Å². The molecule has 0 aromatic heterocycles. The van der Waals surface area contributed by atoms with Crippen molar-refractivity contribution in [2.24, 2.45) is 5.92 Å². The highest BCUT2D eigenvalue weighted by Crippen LogP contribution is 2.21. The molecule has 1 aromatic carbocycles. The topological polar surface area (TPSA) is 58.2 Å². The van der Waals surface area contributed by atoms with Gasteiger partial charge in [-0.3, -0.25) is 9.59 Å². The lowest BCUT2D eigenvalue weighted by Gasteiger charge is -2.20. The second-order valence-electron chi connectivity index (χ2n) is 5.51. The van der Waals surface area contributed by atoms with E-state index in [-0.39, 0.29) is 22.4 Å². The van der Waals surface area contributed by atoms with E-state index in [0.717, 1.165) is 0 Å². The Morgan fingerprint density at radius 2 is 1.96 bits per heavy atom.